The summed E-state index contributed by atoms with van der Waals surface area (Å²) in [5, 5.41) is 3.12. The normalized spacial score (nSPS) is 16.6. The predicted octanol–water partition coefficient (Wildman–Crippen LogP) is 2.24. The highest BCUT2D eigenvalue weighted by Gasteiger charge is 2.28. The van der Waals surface area contributed by atoms with Crippen molar-refractivity contribution >= 4 is 27.5 Å². The van der Waals surface area contributed by atoms with Gasteiger partial charge in [0.15, 0.2) is 0 Å². The Hall–Kier alpha value is -1.15. The van der Waals surface area contributed by atoms with E-state index in [0.717, 1.165) is 13.1 Å². The van der Waals surface area contributed by atoms with Gasteiger partial charge in [-0.1, -0.05) is 18.0 Å². The molecule has 140 valence electrons. The van der Waals surface area contributed by atoms with Crippen LogP contribution in [0.4, 0.5) is 0 Å². The summed E-state index contributed by atoms with van der Waals surface area (Å²) < 4.78 is 26.1. The van der Waals surface area contributed by atoms with E-state index in [-0.39, 0.29) is 26.9 Å². The van der Waals surface area contributed by atoms with Gasteiger partial charge in [-0.25, -0.2) is 13.1 Å². The van der Waals surface area contributed by atoms with E-state index in [4.69, 9.17) is 11.6 Å². The number of nitrogens with one attached hydrogen (secondary N) is 2. The topological polar surface area (TPSA) is 78.5 Å². The molecule has 0 unspecified atom stereocenters. The van der Waals surface area contributed by atoms with Gasteiger partial charge in [0.2, 0.25) is 10.0 Å². The fourth-order valence-electron chi connectivity index (χ4n) is 2.97. The van der Waals surface area contributed by atoms with E-state index in [1.54, 1.807) is 0 Å². The van der Waals surface area contributed by atoms with Gasteiger partial charge >= 0.3 is 0 Å². The molecule has 1 aliphatic heterocycles. The number of amides is 1. The maximum absolute atomic E-state index is 12.5. The quantitative estimate of drug-likeness (QED) is 0.784. The number of sulfonamides is 1. The van der Waals surface area contributed by atoms with Crippen LogP contribution in [-0.2, 0) is 10.0 Å². The van der Waals surface area contributed by atoms with Crippen LogP contribution in [-0.4, -0.2) is 51.4 Å². The molecule has 6 nitrogen and oxygen atoms in total. The van der Waals surface area contributed by atoms with E-state index >= 15 is 0 Å². The van der Waals surface area contributed by atoms with Gasteiger partial charge in [0.25, 0.3) is 5.91 Å². The van der Waals surface area contributed by atoms with Crippen LogP contribution in [0.15, 0.2) is 23.1 Å². The van der Waals surface area contributed by atoms with Crippen LogP contribution in [0.2, 0.25) is 5.02 Å². The molecule has 0 bridgehead atoms. The molecule has 25 heavy (non-hydrogen) atoms. The molecular formula is C17H26ClN3O3S. The minimum atomic E-state index is -3.63. The Morgan fingerprint density at radius 1 is 1.24 bits per heavy atom. The van der Waals surface area contributed by atoms with E-state index in [0.29, 0.717) is 6.54 Å². The first-order chi connectivity index (χ1) is 11.7. The fourth-order valence-corrected chi connectivity index (χ4v) is 3.93. The summed E-state index contributed by atoms with van der Waals surface area (Å²) in [5.41, 5.74) is -0.00976. The van der Waals surface area contributed by atoms with Crippen LogP contribution >= 0.6 is 11.6 Å². The molecule has 0 radical (unpaired) electrons. The van der Waals surface area contributed by atoms with Crippen LogP contribution in [0.1, 0.15) is 43.5 Å². The summed E-state index contributed by atoms with van der Waals surface area (Å²) in [6.45, 7) is 6.72. The lowest BCUT2D eigenvalue weighted by molar-refractivity contribution is 0.0797. The number of carbonyl (C=O) groups excluding carboxylic acids is 1. The van der Waals surface area contributed by atoms with Gasteiger partial charge in [0, 0.05) is 12.1 Å². The molecule has 1 saturated heterocycles. The lowest BCUT2D eigenvalue weighted by atomic mass is 9.98. The molecule has 1 amide bonds. The molecule has 0 spiro atoms. The van der Waals surface area contributed by atoms with Gasteiger partial charge in [-0.2, -0.15) is 0 Å². The van der Waals surface area contributed by atoms with Crippen LogP contribution in [0.5, 0.6) is 0 Å². The minimum Gasteiger partial charge on any atom is -0.350 e. The van der Waals surface area contributed by atoms with Crippen molar-refractivity contribution < 1.29 is 13.2 Å². The van der Waals surface area contributed by atoms with Crippen LogP contribution in [0.25, 0.3) is 0 Å². The lowest BCUT2D eigenvalue weighted by Gasteiger charge is -2.41. The zero-order valence-electron chi connectivity index (χ0n) is 14.9. The highest BCUT2D eigenvalue weighted by Crippen LogP contribution is 2.22. The van der Waals surface area contributed by atoms with Crippen LogP contribution in [0, 0.1) is 0 Å². The van der Waals surface area contributed by atoms with Crippen LogP contribution in [0.3, 0.4) is 0 Å². The third kappa shape index (κ3) is 4.94. The van der Waals surface area contributed by atoms with Crippen molar-refractivity contribution in [3.05, 3.63) is 28.8 Å². The maximum atomic E-state index is 12.5. The van der Waals surface area contributed by atoms with Gasteiger partial charge in [-0.15, -0.1) is 0 Å². The second-order valence-electron chi connectivity index (χ2n) is 6.89. The molecule has 1 aliphatic rings. The van der Waals surface area contributed by atoms with E-state index < -0.39 is 10.0 Å². The van der Waals surface area contributed by atoms with Crippen molar-refractivity contribution in [3.8, 4) is 0 Å². The number of benzene rings is 1. The van der Waals surface area contributed by atoms with E-state index in [9.17, 15) is 13.2 Å². The number of piperidine rings is 1. The minimum absolute atomic E-state index is 0.0137. The number of rotatable bonds is 6. The number of likely N-dealkylation sites (tertiary alicyclic amines) is 1. The number of hydrogen-bond acceptors (Lipinski definition) is 4. The SMILES string of the molecule is CNS(=O)(=O)c1ccc(Cl)c(C(=O)NCC(C)(C)N2CCCCC2)c1. The summed E-state index contributed by atoms with van der Waals surface area (Å²) >= 11 is 6.10. The predicted molar refractivity (Wildman–Crippen MR) is 99.5 cm³/mol. The Morgan fingerprint density at radius 2 is 1.88 bits per heavy atom. The molecule has 8 heteroatoms. The van der Waals surface area contributed by atoms with Gasteiger partial charge in [-0.3, -0.25) is 9.69 Å². The molecule has 1 aromatic carbocycles. The Labute approximate surface area is 155 Å². The second kappa shape index (κ2) is 8.03. The number of hydrogen-bond donors (Lipinski definition) is 2. The lowest BCUT2D eigenvalue weighted by Crippen LogP contribution is -2.53. The fraction of sp³-hybridized carbons (Fsp3) is 0.588. The molecule has 0 aliphatic carbocycles. The van der Waals surface area contributed by atoms with Gasteiger partial charge in [-0.05, 0) is 65.0 Å². The Bertz CT molecular complexity index is 729. The van der Waals surface area contributed by atoms with E-state index in [1.807, 2.05) is 0 Å². The Balaban J connectivity index is 2.11. The summed E-state index contributed by atoms with van der Waals surface area (Å²) in [4.78, 5) is 14.9. The molecule has 0 aromatic heterocycles. The van der Waals surface area contributed by atoms with Gasteiger partial charge < -0.3 is 5.32 Å². The molecule has 1 aromatic rings. The van der Waals surface area contributed by atoms with Crippen molar-refractivity contribution in [2.75, 3.05) is 26.7 Å². The Morgan fingerprint density at radius 3 is 2.48 bits per heavy atom. The summed E-state index contributed by atoms with van der Waals surface area (Å²) in [7, 11) is -2.30. The molecular weight excluding hydrogens is 362 g/mol. The number of halogens is 1. The van der Waals surface area contributed by atoms with Crippen molar-refractivity contribution in [1.82, 2.24) is 14.9 Å². The average molecular weight is 388 g/mol. The smallest absolute Gasteiger partial charge is 0.252 e. The van der Waals surface area contributed by atoms with Crippen molar-refractivity contribution in [2.24, 2.45) is 0 Å². The first kappa shape index (κ1) is 20.2. The molecule has 0 atom stereocenters. The average Bonchev–Trinajstić information content (AvgIpc) is 2.60. The van der Waals surface area contributed by atoms with Crippen LogP contribution < -0.4 is 10.0 Å². The molecule has 2 rings (SSSR count). The zero-order valence-corrected chi connectivity index (χ0v) is 16.5. The van der Waals surface area contributed by atoms with E-state index in [2.05, 4.69) is 28.8 Å². The number of nitrogens with zero attached hydrogens (tertiary/aromatic N) is 1. The molecule has 2 N–H and O–H groups in total. The first-order valence-electron chi connectivity index (χ1n) is 8.44. The highest BCUT2D eigenvalue weighted by molar-refractivity contribution is 7.89. The second-order valence-corrected chi connectivity index (χ2v) is 9.19. The largest absolute Gasteiger partial charge is 0.350 e. The molecule has 0 saturated carbocycles. The first-order valence-corrected chi connectivity index (χ1v) is 10.3. The monoisotopic (exact) mass is 387 g/mol. The standard InChI is InChI=1S/C17H26ClN3O3S/c1-17(2,21-9-5-4-6-10-21)12-20-16(22)14-11-13(7-8-15(14)18)25(23,24)19-3/h7-8,11,19H,4-6,9-10,12H2,1-3H3,(H,20,22). The van der Waals surface area contributed by atoms with Crippen molar-refractivity contribution in [3.63, 3.8) is 0 Å². The van der Waals surface area contributed by atoms with Gasteiger partial charge in [0.05, 0.1) is 15.5 Å². The summed E-state index contributed by atoms with van der Waals surface area (Å²) in [6.07, 6.45) is 3.60. The van der Waals surface area contributed by atoms with Gasteiger partial charge in [0.1, 0.15) is 0 Å². The molecule has 1 heterocycles. The third-order valence-corrected chi connectivity index (χ3v) is 6.40. The zero-order chi connectivity index (χ0) is 18.7. The van der Waals surface area contributed by atoms with Crippen molar-refractivity contribution in [1.29, 1.82) is 0 Å². The molecule has 1 fully saturated rings. The van der Waals surface area contributed by atoms with Crippen molar-refractivity contribution in [2.45, 2.75) is 43.5 Å². The third-order valence-electron chi connectivity index (χ3n) is 4.66. The highest BCUT2D eigenvalue weighted by atomic mass is 35.5. The number of carbonyl (C=O) groups is 1. The summed E-state index contributed by atoms with van der Waals surface area (Å²) in [5.74, 6) is -0.372. The maximum Gasteiger partial charge on any atom is 0.252 e. The Kier molecular flexibility index (Phi) is 6.48. The van der Waals surface area contributed by atoms with E-state index in [1.165, 1.54) is 44.5 Å². The summed E-state index contributed by atoms with van der Waals surface area (Å²) in [6, 6.07) is 4.11.